The summed E-state index contributed by atoms with van der Waals surface area (Å²) in [5.41, 5.74) is 0.542. The van der Waals surface area contributed by atoms with E-state index in [1.54, 1.807) is 18.6 Å². The van der Waals surface area contributed by atoms with Gasteiger partial charge in [0.05, 0.1) is 12.7 Å². The number of hydrogen-bond acceptors (Lipinski definition) is 4. The van der Waals surface area contributed by atoms with Crippen LogP contribution in [0.3, 0.4) is 0 Å². The van der Waals surface area contributed by atoms with Crippen LogP contribution in [0, 0.1) is 16.7 Å². The molecule has 3 atom stereocenters. The van der Waals surface area contributed by atoms with Gasteiger partial charge in [0, 0.05) is 25.5 Å². The number of amides is 1. The lowest BCUT2D eigenvalue weighted by atomic mass is 9.69. The predicted molar refractivity (Wildman–Crippen MR) is 86.5 cm³/mol. The average Bonchev–Trinajstić information content (AvgIpc) is 2.81. The van der Waals surface area contributed by atoms with Gasteiger partial charge in [-0.2, -0.15) is 0 Å². The van der Waals surface area contributed by atoms with Crippen molar-refractivity contribution in [3.8, 4) is 0 Å². The Kier molecular flexibility index (Phi) is 3.62. The molecule has 0 radical (unpaired) electrons. The van der Waals surface area contributed by atoms with Crippen LogP contribution in [-0.2, 0) is 4.79 Å². The normalized spacial score (nSPS) is 32.0. The van der Waals surface area contributed by atoms with Crippen LogP contribution in [0.5, 0.6) is 0 Å². The van der Waals surface area contributed by atoms with Gasteiger partial charge in [-0.25, -0.2) is 4.98 Å². The third-order valence-corrected chi connectivity index (χ3v) is 6.45. The molecule has 120 valence electrons. The third kappa shape index (κ3) is 2.27. The SMILES string of the molecule is CN(CC(=O)NC1CC2CCC1(C)C2(C)C)c1cnccn1. The number of aromatic nitrogens is 2. The van der Waals surface area contributed by atoms with Gasteiger partial charge in [-0.05, 0) is 36.0 Å². The van der Waals surface area contributed by atoms with E-state index in [2.05, 4.69) is 36.1 Å². The predicted octanol–water partition coefficient (Wildman–Crippen LogP) is 2.24. The van der Waals surface area contributed by atoms with Crippen molar-refractivity contribution in [3.05, 3.63) is 18.6 Å². The number of nitrogens with zero attached hydrogens (tertiary/aromatic N) is 3. The van der Waals surface area contributed by atoms with E-state index in [9.17, 15) is 4.79 Å². The van der Waals surface area contributed by atoms with Gasteiger partial charge in [0.2, 0.25) is 5.91 Å². The highest BCUT2D eigenvalue weighted by molar-refractivity contribution is 5.81. The first-order valence-electron chi connectivity index (χ1n) is 8.11. The van der Waals surface area contributed by atoms with E-state index in [-0.39, 0.29) is 11.3 Å². The van der Waals surface area contributed by atoms with E-state index < -0.39 is 0 Å². The Hall–Kier alpha value is -1.65. The van der Waals surface area contributed by atoms with E-state index >= 15 is 0 Å². The molecule has 2 fully saturated rings. The van der Waals surface area contributed by atoms with Crippen LogP contribution in [0.1, 0.15) is 40.0 Å². The minimum Gasteiger partial charge on any atom is -0.351 e. The molecule has 1 amide bonds. The summed E-state index contributed by atoms with van der Waals surface area (Å²) in [7, 11) is 1.87. The van der Waals surface area contributed by atoms with Crippen molar-refractivity contribution in [3.63, 3.8) is 0 Å². The number of nitrogens with one attached hydrogen (secondary N) is 1. The van der Waals surface area contributed by atoms with Gasteiger partial charge in [0.15, 0.2) is 0 Å². The molecule has 1 heterocycles. The molecule has 2 aliphatic rings. The van der Waals surface area contributed by atoms with Gasteiger partial charge in [0.25, 0.3) is 0 Å². The van der Waals surface area contributed by atoms with E-state index in [0.29, 0.717) is 18.0 Å². The second kappa shape index (κ2) is 5.21. The Labute approximate surface area is 132 Å². The number of hydrogen-bond donors (Lipinski definition) is 1. The molecule has 2 saturated carbocycles. The maximum absolute atomic E-state index is 12.4. The molecule has 2 aliphatic carbocycles. The first-order chi connectivity index (χ1) is 10.3. The number of likely N-dealkylation sites (N-methyl/N-ethyl adjacent to an activating group) is 1. The number of rotatable bonds is 4. The minimum atomic E-state index is 0.0720. The van der Waals surface area contributed by atoms with Gasteiger partial charge in [-0.15, -0.1) is 0 Å². The molecule has 1 aromatic rings. The lowest BCUT2D eigenvalue weighted by Crippen LogP contribution is -2.49. The maximum Gasteiger partial charge on any atom is 0.239 e. The van der Waals surface area contributed by atoms with Gasteiger partial charge in [0.1, 0.15) is 5.82 Å². The fourth-order valence-electron chi connectivity index (χ4n) is 4.45. The largest absolute Gasteiger partial charge is 0.351 e. The van der Waals surface area contributed by atoms with E-state index in [1.165, 1.54) is 12.8 Å². The second-order valence-electron chi connectivity index (χ2n) is 7.65. The van der Waals surface area contributed by atoms with Crippen LogP contribution < -0.4 is 10.2 Å². The molecule has 5 nitrogen and oxygen atoms in total. The molecule has 2 bridgehead atoms. The lowest BCUT2D eigenvalue weighted by Gasteiger charge is -2.39. The Balaban J connectivity index is 1.62. The quantitative estimate of drug-likeness (QED) is 0.927. The molecule has 5 heteroatoms. The fourth-order valence-corrected chi connectivity index (χ4v) is 4.45. The number of carbonyl (C=O) groups is 1. The minimum absolute atomic E-state index is 0.0720. The number of anilines is 1. The van der Waals surface area contributed by atoms with Crippen molar-refractivity contribution in [2.45, 2.75) is 46.1 Å². The summed E-state index contributed by atoms with van der Waals surface area (Å²) in [6, 6.07) is 0.295. The lowest BCUT2D eigenvalue weighted by molar-refractivity contribution is -0.121. The van der Waals surface area contributed by atoms with Crippen molar-refractivity contribution in [2.24, 2.45) is 16.7 Å². The molecule has 0 aliphatic heterocycles. The topological polar surface area (TPSA) is 58.1 Å². The van der Waals surface area contributed by atoms with Crippen molar-refractivity contribution < 1.29 is 4.79 Å². The molecular formula is C17H26N4O. The standard InChI is InChI=1S/C17H26N4O/c1-16(2)12-5-6-17(16,3)13(9-12)20-15(22)11-21(4)14-10-18-7-8-19-14/h7-8,10,12-13H,5-6,9,11H2,1-4H3,(H,20,22). The zero-order valence-electron chi connectivity index (χ0n) is 14.0. The molecule has 1 aromatic heterocycles. The van der Waals surface area contributed by atoms with Crippen molar-refractivity contribution in [2.75, 3.05) is 18.5 Å². The highest BCUT2D eigenvalue weighted by Gasteiger charge is 2.61. The first-order valence-corrected chi connectivity index (χ1v) is 8.11. The molecule has 3 unspecified atom stereocenters. The summed E-state index contributed by atoms with van der Waals surface area (Å²) in [4.78, 5) is 22.5. The Morgan fingerprint density at radius 2 is 2.18 bits per heavy atom. The average molecular weight is 302 g/mol. The van der Waals surface area contributed by atoms with Crippen LogP contribution in [0.4, 0.5) is 5.82 Å². The van der Waals surface area contributed by atoms with Gasteiger partial charge < -0.3 is 10.2 Å². The highest BCUT2D eigenvalue weighted by atomic mass is 16.2. The van der Waals surface area contributed by atoms with Crippen LogP contribution in [0.15, 0.2) is 18.6 Å². The van der Waals surface area contributed by atoms with Crippen molar-refractivity contribution in [1.82, 2.24) is 15.3 Å². The van der Waals surface area contributed by atoms with Crippen LogP contribution in [-0.4, -0.2) is 35.5 Å². The summed E-state index contributed by atoms with van der Waals surface area (Å²) in [6.45, 7) is 7.39. The maximum atomic E-state index is 12.4. The molecule has 22 heavy (non-hydrogen) atoms. The zero-order valence-corrected chi connectivity index (χ0v) is 14.0. The van der Waals surface area contributed by atoms with E-state index in [0.717, 1.165) is 18.2 Å². The summed E-state index contributed by atoms with van der Waals surface area (Å²) in [5.74, 6) is 1.53. The number of carbonyl (C=O) groups excluding carboxylic acids is 1. The molecule has 0 spiro atoms. The summed E-state index contributed by atoms with van der Waals surface area (Å²) >= 11 is 0. The van der Waals surface area contributed by atoms with E-state index in [1.807, 2.05) is 11.9 Å². The molecule has 0 saturated heterocycles. The van der Waals surface area contributed by atoms with Gasteiger partial charge >= 0.3 is 0 Å². The highest BCUT2D eigenvalue weighted by Crippen LogP contribution is 2.65. The van der Waals surface area contributed by atoms with E-state index in [4.69, 9.17) is 0 Å². The molecule has 1 N–H and O–H groups in total. The Morgan fingerprint density at radius 3 is 2.73 bits per heavy atom. The summed E-state index contributed by atoms with van der Waals surface area (Å²) < 4.78 is 0. The smallest absolute Gasteiger partial charge is 0.239 e. The van der Waals surface area contributed by atoms with Crippen molar-refractivity contribution in [1.29, 1.82) is 0 Å². The van der Waals surface area contributed by atoms with Gasteiger partial charge in [-0.3, -0.25) is 9.78 Å². The van der Waals surface area contributed by atoms with Gasteiger partial charge in [-0.1, -0.05) is 20.8 Å². The molecule has 3 rings (SSSR count). The number of fused-ring (bicyclic) bond motifs is 2. The first kappa shape index (κ1) is 15.3. The monoisotopic (exact) mass is 302 g/mol. The molecular weight excluding hydrogens is 276 g/mol. The Morgan fingerprint density at radius 1 is 1.41 bits per heavy atom. The van der Waals surface area contributed by atoms with Crippen LogP contribution in [0.2, 0.25) is 0 Å². The van der Waals surface area contributed by atoms with Crippen LogP contribution >= 0.6 is 0 Å². The third-order valence-electron chi connectivity index (χ3n) is 6.45. The van der Waals surface area contributed by atoms with Crippen molar-refractivity contribution >= 4 is 11.7 Å². The fraction of sp³-hybridized carbons (Fsp3) is 0.706. The second-order valence-corrected chi connectivity index (χ2v) is 7.65. The molecule has 0 aromatic carbocycles. The summed E-state index contributed by atoms with van der Waals surface area (Å²) in [6.07, 6.45) is 8.59. The Bertz CT molecular complexity index is 559. The zero-order chi connectivity index (χ0) is 16.0. The van der Waals surface area contributed by atoms with Crippen LogP contribution in [0.25, 0.3) is 0 Å². The summed E-state index contributed by atoms with van der Waals surface area (Å²) in [5, 5.41) is 3.28.